The van der Waals surface area contributed by atoms with Gasteiger partial charge in [0.25, 0.3) is 11.8 Å². The van der Waals surface area contributed by atoms with Crippen LogP contribution in [-0.4, -0.2) is 28.5 Å². The molecule has 1 aliphatic carbocycles. The summed E-state index contributed by atoms with van der Waals surface area (Å²) in [5, 5.41) is 4.55. The van der Waals surface area contributed by atoms with E-state index in [0.717, 1.165) is 43.5 Å². The average Bonchev–Trinajstić information content (AvgIpc) is 2.98. The maximum atomic E-state index is 12.6. The highest BCUT2D eigenvalue weighted by Crippen LogP contribution is 2.30. The van der Waals surface area contributed by atoms with Crippen molar-refractivity contribution in [1.82, 2.24) is 4.90 Å². The molecule has 2 aromatic carbocycles. The second kappa shape index (κ2) is 7.35. The van der Waals surface area contributed by atoms with Gasteiger partial charge in [-0.05, 0) is 61.9 Å². The number of hydrogen-bond donors (Lipinski definition) is 1. The maximum Gasteiger partial charge on any atom is 0.261 e. The van der Waals surface area contributed by atoms with Crippen molar-refractivity contribution in [3.63, 3.8) is 0 Å². The number of hydrazone groups is 1. The number of nitrogens with one attached hydrogen (secondary N) is 1. The summed E-state index contributed by atoms with van der Waals surface area (Å²) in [5.41, 5.74) is 7.55. The van der Waals surface area contributed by atoms with Crippen molar-refractivity contribution < 1.29 is 9.59 Å². The zero-order valence-corrected chi connectivity index (χ0v) is 15.4. The summed E-state index contributed by atoms with van der Waals surface area (Å²) < 4.78 is 0. The molecule has 4 rings (SSSR count). The highest BCUT2D eigenvalue weighted by atomic mass is 16.2. The first-order chi connectivity index (χ1) is 13.2. The molecule has 0 saturated heterocycles. The zero-order valence-electron chi connectivity index (χ0n) is 15.4. The van der Waals surface area contributed by atoms with E-state index >= 15 is 0 Å². The third-order valence-electron chi connectivity index (χ3n) is 5.40. The van der Waals surface area contributed by atoms with E-state index in [-0.39, 0.29) is 17.9 Å². The van der Waals surface area contributed by atoms with Gasteiger partial charge in [0.05, 0.1) is 16.8 Å². The number of benzene rings is 2. The second-order valence-electron chi connectivity index (χ2n) is 7.10. The molecule has 0 bridgehead atoms. The maximum absolute atomic E-state index is 12.6. The Morgan fingerprint density at radius 1 is 1.00 bits per heavy atom. The molecule has 27 heavy (non-hydrogen) atoms. The molecule has 2 amide bonds. The molecule has 5 nitrogen and oxygen atoms in total. The standard InChI is InChI=1S/C22H23N3O2/c1-2-15-6-5-7-17(14-15)24-23-16-10-12-18(13-11-16)25-21(26)19-8-3-4-9-20(19)22(25)27/h3-9,14,18,24H,2,10-13H2,1H3. The molecule has 138 valence electrons. The van der Waals surface area contributed by atoms with E-state index in [0.29, 0.717) is 11.1 Å². The number of fused-ring (bicyclic) bond motifs is 1. The smallest absolute Gasteiger partial charge is 0.261 e. The number of amides is 2. The molecule has 2 aromatic rings. The fourth-order valence-corrected chi connectivity index (χ4v) is 3.85. The normalized spacial score (nSPS) is 19.2. The molecule has 1 aliphatic heterocycles. The molecule has 0 atom stereocenters. The van der Waals surface area contributed by atoms with E-state index in [1.807, 2.05) is 12.1 Å². The van der Waals surface area contributed by atoms with E-state index in [2.05, 4.69) is 29.6 Å². The van der Waals surface area contributed by atoms with Gasteiger partial charge < -0.3 is 0 Å². The van der Waals surface area contributed by atoms with Crippen molar-refractivity contribution in [3.8, 4) is 0 Å². The third-order valence-corrected chi connectivity index (χ3v) is 5.40. The van der Waals surface area contributed by atoms with Crippen LogP contribution in [0.4, 0.5) is 5.69 Å². The third kappa shape index (κ3) is 3.37. The first-order valence-electron chi connectivity index (χ1n) is 9.54. The van der Waals surface area contributed by atoms with E-state index in [1.165, 1.54) is 10.5 Å². The Morgan fingerprint density at radius 3 is 2.30 bits per heavy atom. The molecule has 0 spiro atoms. The molecule has 1 fully saturated rings. The Kier molecular flexibility index (Phi) is 4.75. The topological polar surface area (TPSA) is 61.8 Å². The van der Waals surface area contributed by atoms with E-state index in [4.69, 9.17) is 0 Å². The van der Waals surface area contributed by atoms with Crippen LogP contribution in [0.3, 0.4) is 0 Å². The van der Waals surface area contributed by atoms with Gasteiger partial charge in [-0.3, -0.25) is 19.9 Å². The lowest BCUT2D eigenvalue weighted by atomic mass is 9.92. The van der Waals surface area contributed by atoms with Gasteiger partial charge in [0.1, 0.15) is 0 Å². The van der Waals surface area contributed by atoms with Crippen molar-refractivity contribution in [1.29, 1.82) is 0 Å². The molecule has 0 unspecified atom stereocenters. The quantitative estimate of drug-likeness (QED) is 0.654. The van der Waals surface area contributed by atoms with Crippen LogP contribution in [0, 0.1) is 0 Å². The van der Waals surface area contributed by atoms with Crippen LogP contribution in [-0.2, 0) is 6.42 Å². The van der Waals surface area contributed by atoms with Crippen LogP contribution < -0.4 is 5.43 Å². The van der Waals surface area contributed by atoms with Crippen LogP contribution in [0.1, 0.15) is 58.9 Å². The number of imide groups is 1. The average molecular weight is 361 g/mol. The molecule has 1 N–H and O–H groups in total. The number of hydrogen-bond acceptors (Lipinski definition) is 4. The Morgan fingerprint density at radius 2 is 1.67 bits per heavy atom. The number of anilines is 1. The lowest BCUT2D eigenvalue weighted by Gasteiger charge is -2.30. The molecule has 0 aromatic heterocycles. The van der Waals surface area contributed by atoms with Crippen molar-refractivity contribution >= 4 is 23.2 Å². The zero-order chi connectivity index (χ0) is 18.8. The molecular formula is C22H23N3O2. The lowest BCUT2D eigenvalue weighted by molar-refractivity contribution is 0.0565. The van der Waals surface area contributed by atoms with Crippen LogP contribution in [0.5, 0.6) is 0 Å². The van der Waals surface area contributed by atoms with E-state index in [1.54, 1.807) is 24.3 Å². The number of aryl methyl sites for hydroxylation is 1. The fraction of sp³-hybridized carbons (Fsp3) is 0.318. The number of carbonyl (C=O) groups excluding carboxylic acids is 2. The van der Waals surface area contributed by atoms with E-state index in [9.17, 15) is 9.59 Å². The molecule has 5 heteroatoms. The SMILES string of the molecule is CCc1cccc(NN=C2CCC(N3C(=O)c4ccccc4C3=O)CC2)c1. The Hall–Kier alpha value is -2.95. The van der Waals surface area contributed by atoms with E-state index < -0.39 is 0 Å². The molecule has 0 radical (unpaired) electrons. The van der Waals surface area contributed by atoms with Gasteiger partial charge in [0, 0.05) is 11.8 Å². The first kappa shape index (κ1) is 17.5. The Bertz CT molecular complexity index is 874. The minimum atomic E-state index is -0.157. The second-order valence-corrected chi connectivity index (χ2v) is 7.10. The largest absolute Gasteiger partial charge is 0.279 e. The summed E-state index contributed by atoms with van der Waals surface area (Å²) in [4.78, 5) is 26.7. The van der Waals surface area contributed by atoms with Gasteiger partial charge in [-0.1, -0.05) is 31.2 Å². The monoisotopic (exact) mass is 361 g/mol. The van der Waals surface area contributed by atoms with Crippen molar-refractivity contribution in [2.24, 2.45) is 5.10 Å². The summed E-state index contributed by atoms with van der Waals surface area (Å²) in [6.45, 7) is 2.13. The summed E-state index contributed by atoms with van der Waals surface area (Å²) in [6, 6.07) is 15.3. The summed E-state index contributed by atoms with van der Waals surface area (Å²) >= 11 is 0. The summed E-state index contributed by atoms with van der Waals surface area (Å²) in [5.74, 6) is -0.314. The van der Waals surface area contributed by atoms with Gasteiger partial charge in [0.15, 0.2) is 0 Å². The van der Waals surface area contributed by atoms with Crippen LogP contribution in [0.15, 0.2) is 53.6 Å². The van der Waals surface area contributed by atoms with Crippen LogP contribution in [0.2, 0.25) is 0 Å². The molecule has 1 heterocycles. The summed E-state index contributed by atoms with van der Waals surface area (Å²) in [7, 11) is 0. The lowest BCUT2D eigenvalue weighted by Crippen LogP contribution is -2.42. The van der Waals surface area contributed by atoms with Crippen LogP contribution >= 0.6 is 0 Å². The van der Waals surface area contributed by atoms with Gasteiger partial charge in [-0.15, -0.1) is 0 Å². The highest BCUT2D eigenvalue weighted by molar-refractivity contribution is 6.21. The first-order valence-corrected chi connectivity index (χ1v) is 9.54. The van der Waals surface area contributed by atoms with Crippen LogP contribution in [0.25, 0.3) is 0 Å². The number of carbonyl (C=O) groups is 2. The predicted molar refractivity (Wildman–Crippen MR) is 106 cm³/mol. The van der Waals surface area contributed by atoms with Gasteiger partial charge in [-0.2, -0.15) is 5.10 Å². The minimum Gasteiger partial charge on any atom is -0.279 e. The highest BCUT2D eigenvalue weighted by Gasteiger charge is 2.40. The van der Waals surface area contributed by atoms with Crippen molar-refractivity contribution in [3.05, 3.63) is 65.2 Å². The fourth-order valence-electron chi connectivity index (χ4n) is 3.85. The van der Waals surface area contributed by atoms with Gasteiger partial charge >= 0.3 is 0 Å². The Balaban J connectivity index is 1.39. The van der Waals surface area contributed by atoms with Gasteiger partial charge in [-0.25, -0.2) is 0 Å². The van der Waals surface area contributed by atoms with Gasteiger partial charge in [0.2, 0.25) is 0 Å². The predicted octanol–water partition coefficient (Wildman–Crippen LogP) is 4.26. The van der Waals surface area contributed by atoms with Crippen molar-refractivity contribution in [2.75, 3.05) is 5.43 Å². The number of rotatable bonds is 4. The van der Waals surface area contributed by atoms with Crippen molar-refractivity contribution in [2.45, 2.75) is 45.1 Å². The Labute approximate surface area is 159 Å². The summed E-state index contributed by atoms with van der Waals surface area (Å²) in [6.07, 6.45) is 4.10. The molecular weight excluding hydrogens is 338 g/mol. The number of nitrogens with zero attached hydrogens (tertiary/aromatic N) is 2. The molecule has 1 saturated carbocycles. The molecule has 2 aliphatic rings. The minimum absolute atomic E-state index is 0.0419.